The number of aromatic carboxylic acids is 1. The first kappa shape index (κ1) is 13.2. The Balaban J connectivity index is 1.90. The van der Waals surface area contributed by atoms with Gasteiger partial charge in [-0.2, -0.15) is 0 Å². The van der Waals surface area contributed by atoms with Crippen molar-refractivity contribution >= 4 is 11.6 Å². The summed E-state index contributed by atoms with van der Waals surface area (Å²) >= 11 is 0. The Morgan fingerprint density at radius 2 is 2.10 bits per heavy atom. The van der Waals surface area contributed by atoms with Crippen LogP contribution < -0.4 is 4.74 Å². The van der Waals surface area contributed by atoms with Crippen LogP contribution in [0.25, 0.3) is 5.65 Å². The Hall–Kier alpha value is -2.82. The molecule has 0 aliphatic rings. The third-order valence-electron chi connectivity index (χ3n) is 3.31. The summed E-state index contributed by atoms with van der Waals surface area (Å²) in [6, 6.07) is 11.0. The van der Waals surface area contributed by atoms with E-state index >= 15 is 0 Å². The van der Waals surface area contributed by atoms with Gasteiger partial charge in [0.15, 0.2) is 5.65 Å². The minimum absolute atomic E-state index is 0.180. The average Bonchev–Trinajstić information content (AvgIpc) is 2.89. The van der Waals surface area contributed by atoms with Crippen molar-refractivity contribution in [2.45, 2.75) is 13.5 Å². The molecule has 106 valence electrons. The maximum absolute atomic E-state index is 11.2. The highest BCUT2D eigenvalue weighted by Crippen LogP contribution is 2.19. The van der Waals surface area contributed by atoms with E-state index in [9.17, 15) is 4.79 Å². The van der Waals surface area contributed by atoms with Crippen molar-refractivity contribution in [3.63, 3.8) is 0 Å². The molecular formula is C16H14N2O3. The lowest BCUT2D eigenvalue weighted by atomic mass is 10.2. The Bertz CT molecular complexity index is 808. The molecule has 0 atom stereocenters. The highest BCUT2D eigenvalue weighted by Gasteiger charge is 2.12. The molecule has 0 fully saturated rings. The molecule has 0 bridgehead atoms. The molecule has 2 aromatic heterocycles. The number of carbonyl (C=O) groups is 1. The van der Waals surface area contributed by atoms with Crippen molar-refractivity contribution in [2.24, 2.45) is 0 Å². The van der Waals surface area contributed by atoms with E-state index in [-0.39, 0.29) is 5.56 Å². The quantitative estimate of drug-likeness (QED) is 0.799. The van der Waals surface area contributed by atoms with Crippen LogP contribution in [0.3, 0.4) is 0 Å². The Morgan fingerprint density at radius 3 is 2.86 bits per heavy atom. The molecule has 0 aliphatic carbocycles. The number of carboxylic acid groups (broad SMARTS) is 1. The highest BCUT2D eigenvalue weighted by molar-refractivity contribution is 5.94. The number of ether oxygens (including phenoxy) is 1. The lowest BCUT2D eigenvalue weighted by molar-refractivity contribution is 0.0698. The molecule has 0 spiro atoms. The van der Waals surface area contributed by atoms with Crippen molar-refractivity contribution in [3.8, 4) is 5.75 Å². The number of rotatable bonds is 4. The summed E-state index contributed by atoms with van der Waals surface area (Å²) in [6.07, 6.45) is 3.42. The van der Waals surface area contributed by atoms with Gasteiger partial charge in [-0.05, 0) is 30.7 Å². The summed E-state index contributed by atoms with van der Waals surface area (Å²) in [4.78, 5) is 15.3. The lowest BCUT2D eigenvalue weighted by Gasteiger charge is -2.08. The van der Waals surface area contributed by atoms with Crippen LogP contribution in [0.1, 0.15) is 21.6 Å². The number of para-hydroxylation sites is 1. The molecule has 0 amide bonds. The molecule has 5 nitrogen and oxygen atoms in total. The number of hydrogen-bond donors (Lipinski definition) is 1. The van der Waals surface area contributed by atoms with E-state index in [0.29, 0.717) is 12.3 Å². The van der Waals surface area contributed by atoms with Crippen LogP contribution in [0, 0.1) is 6.92 Å². The van der Waals surface area contributed by atoms with Gasteiger partial charge in [0.2, 0.25) is 0 Å². The molecule has 0 saturated carbocycles. The van der Waals surface area contributed by atoms with E-state index in [1.807, 2.05) is 31.2 Å². The second-order valence-corrected chi connectivity index (χ2v) is 4.72. The molecule has 2 heterocycles. The number of aromatic nitrogens is 2. The first-order chi connectivity index (χ1) is 10.2. The van der Waals surface area contributed by atoms with Crippen LogP contribution in [0.15, 0.2) is 48.8 Å². The molecule has 0 saturated heterocycles. The zero-order valence-electron chi connectivity index (χ0n) is 11.5. The fourth-order valence-electron chi connectivity index (χ4n) is 2.21. The number of hydrogen-bond acceptors (Lipinski definition) is 3. The van der Waals surface area contributed by atoms with Gasteiger partial charge >= 0.3 is 5.97 Å². The lowest BCUT2D eigenvalue weighted by Crippen LogP contribution is -2.03. The molecule has 3 rings (SSSR count). The van der Waals surface area contributed by atoms with E-state index in [0.717, 1.165) is 17.0 Å². The van der Waals surface area contributed by atoms with E-state index < -0.39 is 5.97 Å². The van der Waals surface area contributed by atoms with E-state index in [2.05, 4.69) is 4.98 Å². The molecule has 21 heavy (non-hydrogen) atoms. The van der Waals surface area contributed by atoms with Crippen LogP contribution in [0.2, 0.25) is 0 Å². The summed E-state index contributed by atoms with van der Waals surface area (Å²) in [5.41, 5.74) is 2.46. The fourth-order valence-corrected chi connectivity index (χ4v) is 2.21. The summed E-state index contributed by atoms with van der Waals surface area (Å²) < 4.78 is 7.52. The van der Waals surface area contributed by atoms with Gasteiger partial charge in [-0.25, -0.2) is 9.78 Å². The molecule has 0 radical (unpaired) electrons. The van der Waals surface area contributed by atoms with Gasteiger partial charge in [0, 0.05) is 6.20 Å². The maximum Gasteiger partial charge on any atom is 0.339 e. The first-order valence-corrected chi connectivity index (χ1v) is 6.53. The third kappa shape index (κ3) is 2.45. The Labute approximate surface area is 121 Å². The smallest absolute Gasteiger partial charge is 0.339 e. The Morgan fingerprint density at radius 1 is 1.29 bits per heavy atom. The number of aryl methyl sites for hydroxylation is 1. The SMILES string of the molecule is Cc1ccccc1OCc1cnc2c(C(=O)O)cccn12. The first-order valence-electron chi connectivity index (χ1n) is 6.53. The van der Waals surface area contributed by atoms with E-state index in [1.54, 1.807) is 22.9 Å². The van der Waals surface area contributed by atoms with Gasteiger partial charge in [0.1, 0.15) is 17.9 Å². The van der Waals surface area contributed by atoms with Gasteiger partial charge in [-0.1, -0.05) is 18.2 Å². The van der Waals surface area contributed by atoms with Crippen LogP contribution in [0.4, 0.5) is 0 Å². The van der Waals surface area contributed by atoms with E-state index in [4.69, 9.17) is 9.84 Å². The van der Waals surface area contributed by atoms with Crippen molar-refractivity contribution < 1.29 is 14.6 Å². The highest BCUT2D eigenvalue weighted by atomic mass is 16.5. The summed E-state index contributed by atoms with van der Waals surface area (Å²) in [5, 5.41) is 9.15. The number of fused-ring (bicyclic) bond motifs is 1. The van der Waals surface area contributed by atoms with Crippen LogP contribution >= 0.6 is 0 Å². The zero-order valence-corrected chi connectivity index (χ0v) is 11.5. The minimum atomic E-state index is -0.988. The van der Waals surface area contributed by atoms with Crippen molar-refractivity contribution in [1.29, 1.82) is 0 Å². The summed E-state index contributed by atoms with van der Waals surface area (Å²) in [5.74, 6) is -0.181. The monoisotopic (exact) mass is 282 g/mol. The number of benzene rings is 1. The fraction of sp³-hybridized carbons (Fsp3) is 0.125. The van der Waals surface area contributed by atoms with E-state index in [1.165, 1.54) is 6.07 Å². The zero-order chi connectivity index (χ0) is 14.8. The van der Waals surface area contributed by atoms with Gasteiger partial charge in [-0.3, -0.25) is 4.40 Å². The standard InChI is InChI=1S/C16H14N2O3/c1-11-5-2-3-7-14(11)21-10-12-9-17-15-13(16(19)20)6-4-8-18(12)15/h2-9H,10H2,1H3,(H,19,20). The number of carboxylic acids is 1. The predicted molar refractivity (Wildman–Crippen MR) is 77.7 cm³/mol. The molecule has 3 aromatic rings. The normalized spacial score (nSPS) is 10.7. The van der Waals surface area contributed by atoms with Crippen LogP contribution in [-0.4, -0.2) is 20.5 Å². The summed E-state index contributed by atoms with van der Waals surface area (Å²) in [7, 11) is 0. The van der Waals surface area contributed by atoms with Crippen molar-refractivity contribution in [2.75, 3.05) is 0 Å². The molecule has 0 aliphatic heterocycles. The summed E-state index contributed by atoms with van der Waals surface area (Å²) in [6.45, 7) is 2.31. The number of imidazole rings is 1. The number of nitrogens with zero attached hydrogens (tertiary/aromatic N) is 2. The second kappa shape index (κ2) is 5.28. The largest absolute Gasteiger partial charge is 0.487 e. The maximum atomic E-state index is 11.2. The molecule has 1 aromatic carbocycles. The van der Waals surface area contributed by atoms with Crippen LogP contribution in [0.5, 0.6) is 5.75 Å². The minimum Gasteiger partial charge on any atom is -0.487 e. The Kier molecular flexibility index (Phi) is 3.31. The molecular weight excluding hydrogens is 268 g/mol. The second-order valence-electron chi connectivity index (χ2n) is 4.72. The topological polar surface area (TPSA) is 63.8 Å². The molecule has 5 heteroatoms. The predicted octanol–water partition coefficient (Wildman–Crippen LogP) is 2.92. The van der Waals surface area contributed by atoms with Gasteiger partial charge < -0.3 is 9.84 Å². The molecule has 1 N–H and O–H groups in total. The van der Waals surface area contributed by atoms with Crippen LogP contribution in [-0.2, 0) is 6.61 Å². The van der Waals surface area contributed by atoms with Crippen molar-refractivity contribution in [3.05, 3.63) is 65.6 Å². The van der Waals surface area contributed by atoms with Crippen molar-refractivity contribution in [1.82, 2.24) is 9.38 Å². The molecule has 0 unspecified atom stereocenters. The van der Waals surface area contributed by atoms with Gasteiger partial charge in [0.25, 0.3) is 0 Å². The average molecular weight is 282 g/mol. The number of pyridine rings is 1. The van der Waals surface area contributed by atoms with Gasteiger partial charge in [-0.15, -0.1) is 0 Å². The van der Waals surface area contributed by atoms with Gasteiger partial charge in [0.05, 0.1) is 11.9 Å². The third-order valence-corrected chi connectivity index (χ3v) is 3.31.